The molecule has 0 aliphatic heterocycles. The molecule has 0 spiro atoms. The van der Waals surface area contributed by atoms with Crippen LogP contribution in [0, 0.1) is 5.92 Å². The van der Waals surface area contributed by atoms with E-state index in [1.165, 1.54) is 0 Å². The average Bonchev–Trinajstić information content (AvgIpc) is 2.14. The first kappa shape index (κ1) is 13.4. The quantitative estimate of drug-likeness (QED) is 0.602. The molecular formula is C12H24N2. The van der Waals surface area contributed by atoms with E-state index < -0.39 is 0 Å². The summed E-state index contributed by atoms with van der Waals surface area (Å²) in [5.74, 6) is 0.560. The van der Waals surface area contributed by atoms with Crippen molar-refractivity contribution in [2.24, 2.45) is 11.7 Å². The van der Waals surface area contributed by atoms with E-state index in [-0.39, 0.29) is 0 Å². The van der Waals surface area contributed by atoms with E-state index in [0.29, 0.717) is 12.0 Å². The molecule has 0 bridgehead atoms. The highest BCUT2D eigenvalue weighted by Crippen LogP contribution is 2.04. The van der Waals surface area contributed by atoms with Crippen LogP contribution in [-0.4, -0.2) is 30.6 Å². The third-order valence-corrected chi connectivity index (χ3v) is 2.41. The molecule has 2 N–H and O–H groups in total. The van der Waals surface area contributed by atoms with Gasteiger partial charge in [-0.25, -0.2) is 0 Å². The Labute approximate surface area is 88.5 Å². The minimum Gasteiger partial charge on any atom is -0.327 e. The van der Waals surface area contributed by atoms with Crippen molar-refractivity contribution in [3.05, 3.63) is 25.3 Å². The Morgan fingerprint density at radius 1 is 1.21 bits per heavy atom. The van der Waals surface area contributed by atoms with E-state index in [0.717, 1.165) is 26.1 Å². The van der Waals surface area contributed by atoms with Gasteiger partial charge in [0.25, 0.3) is 0 Å². The van der Waals surface area contributed by atoms with Gasteiger partial charge in [0.1, 0.15) is 0 Å². The maximum atomic E-state index is 5.98. The summed E-state index contributed by atoms with van der Waals surface area (Å²) < 4.78 is 0. The summed E-state index contributed by atoms with van der Waals surface area (Å²) in [6, 6.07) is 0.298. The number of rotatable bonds is 8. The normalized spacial score (nSPS) is 13.2. The fourth-order valence-corrected chi connectivity index (χ4v) is 1.29. The summed E-state index contributed by atoms with van der Waals surface area (Å²) in [7, 11) is 0. The highest BCUT2D eigenvalue weighted by atomic mass is 15.1. The number of nitrogens with two attached hydrogens (primary N) is 1. The van der Waals surface area contributed by atoms with Gasteiger partial charge in [-0.1, -0.05) is 26.0 Å². The first-order valence-electron chi connectivity index (χ1n) is 5.31. The van der Waals surface area contributed by atoms with Gasteiger partial charge in [0, 0.05) is 25.7 Å². The molecule has 0 fully saturated rings. The van der Waals surface area contributed by atoms with Crippen LogP contribution in [0.1, 0.15) is 20.3 Å². The fourth-order valence-electron chi connectivity index (χ4n) is 1.29. The summed E-state index contributed by atoms with van der Waals surface area (Å²) in [6.45, 7) is 14.7. The summed E-state index contributed by atoms with van der Waals surface area (Å²) in [4.78, 5) is 2.29. The maximum absolute atomic E-state index is 5.98. The zero-order valence-electron chi connectivity index (χ0n) is 9.58. The first-order chi connectivity index (χ1) is 6.61. The Bertz CT molecular complexity index is 154. The summed E-state index contributed by atoms with van der Waals surface area (Å²) in [5.41, 5.74) is 5.98. The van der Waals surface area contributed by atoms with E-state index in [2.05, 4.69) is 31.9 Å². The van der Waals surface area contributed by atoms with Crippen molar-refractivity contribution in [3.8, 4) is 0 Å². The largest absolute Gasteiger partial charge is 0.327 e. The Balaban J connectivity index is 3.79. The highest BCUT2D eigenvalue weighted by Gasteiger charge is 2.09. The summed E-state index contributed by atoms with van der Waals surface area (Å²) in [5, 5.41) is 0. The van der Waals surface area contributed by atoms with Crippen LogP contribution >= 0.6 is 0 Å². The molecule has 0 heterocycles. The molecule has 1 atom stereocenters. The van der Waals surface area contributed by atoms with Gasteiger partial charge in [0.15, 0.2) is 0 Å². The molecule has 0 aromatic carbocycles. The van der Waals surface area contributed by atoms with Crippen molar-refractivity contribution < 1.29 is 0 Å². The zero-order valence-corrected chi connectivity index (χ0v) is 9.58. The second-order valence-corrected chi connectivity index (χ2v) is 4.03. The Morgan fingerprint density at radius 3 is 2.07 bits per heavy atom. The molecule has 2 heteroatoms. The molecule has 0 amide bonds. The minimum atomic E-state index is 0.298. The van der Waals surface area contributed by atoms with Crippen molar-refractivity contribution in [1.82, 2.24) is 4.90 Å². The first-order valence-corrected chi connectivity index (χ1v) is 5.31. The van der Waals surface area contributed by atoms with E-state index >= 15 is 0 Å². The third kappa shape index (κ3) is 5.95. The van der Waals surface area contributed by atoms with Crippen molar-refractivity contribution in [2.45, 2.75) is 26.3 Å². The van der Waals surface area contributed by atoms with Crippen molar-refractivity contribution in [2.75, 3.05) is 19.6 Å². The van der Waals surface area contributed by atoms with Gasteiger partial charge in [-0.2, -0.15) is 0 Å². The second kappa shape index (κ2) is 7.77. The summed E-state index contributed by atoms with van der Waals surface area (Å²) in [6.07, 6.45) is 4.88. The van der Waals surface area contributed by atoms with Crippen LogP contribution in [0.4, 0.5) is 0 Å². The van der Waals surface area contributed by atoms with E-state index in [1.54, 1.807) is 0 Å². The number of hydrogen-bond donors (Lipinski definition) is 1. The molecular weight excluding hydrogens is 172 g/mol. The Hall–Kier alpha value is -0.600. The molecule has 0 saturated carbocycles. The molecule has 14 heavy (non-hydrogen) atoms. The van der Waals surface area contributed by atoms with Crippen molar-refractivity contribution >= 4 is 0 Å². The van der Waals surface area contributed by atoms with Gasteiger partial charge in [0.05, 0.1) is 0 Å². The van der Waals surface area contributed by atoms with Crippen LogP contribution in [0.5, 0.6) is 0 Å². The third-order valence-electron chi connectivity index (χ3n) is 2.41. The van der Waals surface area contributed by atoms with Crippen molar-refractivity contribution in [1.29, 1.82) is 0 Å². The van der Waals surface area contributed by atoms with Gasteiger partial charge in [-0.15, -0.1) is 13.2 Å². The number of hydrogen-bond acceptors (Lipinski definition) is 2. The van der Waals surface area contributed by atoms with Gasteiger partial charge in [-0.3, -0.25) is 4.90 Å². The molecule has 82 valence electrons. The lowest BCUT2D eigenvalue weighted by molar-refractivity contribution is 0.303. The van der Waals surface area contributed by atoms with Crippen LogP contribution in [0.25, 0.3) is 0 Å². The monoisotopic (exact) mass is 196 g/mol. The summed E-state index contributed by atoms with van der Waals surface area (Å²) >= 11 is 0. The van der Waals surface area contributed by atoms with Crippen LogP contribution < -0.4 is 5.73 Å². The Morgan fingerprint density at radius 2 is 1.71 bits per heavy atom. The van der Waals surface area contributed by atoms with Gasteiger partial charge in [-0.05, 0) is 12.3 Å². The van der Waals surface area contributed by atoms with Gasteiger partial charge >= 0.3 is 0 Å². The van der Waals surface area contributed by atoms with Crippen LogP contribution in [0.2, 0.25) is 0 Å². The molecule has 0 unspecified atom stereocenters. The predicted molar refractivity (Wildman–Crippen MR) is 64.3 cm³/mol. The molecule has 2 nitrogen and oxygen atoms in total. The van der Waals surface area contributed by atoms with Crippen LogP contribution in [0.3, 0.4) is 0 Å². The lowest BCUT2D eigenvalue weighted by atomic mass is 10.0. The SMILES string of the molecule is C=CCN(CC=C)CC[C@@H](N)C(C)C. The van der Waals surface area contributed by atoms with Crippen LogP contribution in [0.15, 0.2) is 25.3 Å². The molecule has 0 aromatic heterocycles. The van der Waals surface area contributed by atoms with Crippen molar-refractivity contribution in [3.63, 3.8) is 0 Å². The maximum Gasteiger partial charge on any atom is 0.0163 e. The van der Waals surface area contributed by atoms with Gasteiger partial charge in [0.2, 0.25) is 0 Å². The highest BCUT2D eigenvalue weighted by molar-refractivity contribution is 4.80. The molecule has 0 saturated heterocycles. The lowest BCUT2D eigenvalue weighted by Gasteiger charge is -2.22. The molecule has 0 aromatic rings. The predicted octanol–water partition coefficient (Wildman–Crippen LogP) is 2.03. The molecule has 0 aliphatic rings. The fraction of sp³-hybridized carbons (Fsp3) is 0.667. The average molecular weight is 196 g/mol. The van der Waals surface area contributed by atoms with Gasteiger partial charge < -0.3 is 5.73 Å². The minimum absolute atomic E-state index is 0.298. The second-order valence-electron chi connectivity index (χ2n) is 4.03. The van der Waals surface area contributed by atoms with E-state index in [4.69, 9.17) is 5.73 Å². The van der Waals surface area contributed by atoms with E-state index in [1.807, 2.05) is 12.2 Å². The standard InChI is InChI=1S/C12H24N2/c1-5-8-14(9-6-2)10-7-12(13)11(3)4/h5-6,11-12H,1-2,7-10,13H2,3-4H3/t12-/m1/s1. The zero-order chi connectivity index (χ0) is 11.0. The number of nitrogens with zero attached hydrogens (tertiary/aromatic N) is 1. The smallest absolute Gasteiger partial charge is 0.0163 e. The molecule has 0 rings (SSSR count). The molecule has 0 radical (unpaired) electrons. The van der Waals surface area contributed by atoms with E-state index in [9.17, 15) is 0 Å². The Kier molecular flexibility index (Phi) is 7.44. The lowest BCUT2D eigenvalue weighted by Crippen LogP contribution is -2.33. The molecule has 0 aliphatic carbocycles. The topological polar surface area (TPSA) is 29.3 Å². The van der Waals surface area contributed by atoms with Crippen LogP contribution in [-0.2, 0) is 0 Å².